The molecule has 0 saturated heterocycles. The second kappa shape index (κ2) is 4.89. The maximum absolute atomic E-state index is 13.9. The third-order valence-corrected chi connectivity index (χ3v) is 4.31. The number of benzene rings is 1. The lowest BCUT2D eigenvalue weighted by Crippen LogP contribution is -2.31. The number of carbonyl (C=O) groups is 1. The van der Waals surface area contributed by atoms with Gasteiger partial charge in [-0.25, -0.2) is 4.39 Å². The van der Waals surface area contributed by atoms with Crippen LogP contribution in [0.25, 0.3) is 0 Å². The van der Waals surface area contributed by atoms with E-state index in [9.17, 15) is 9.18 Å². The van der Waals surface area contributed by atoms with Crippen molar-refractivity contribution in [2.75, 3.05) is 0 Å². The summed E-state index contributed by atoms with van der Waals surface area (Å²) in [5.74, 6) is -0.472. The lowest BCUT2D eigenvalue weighted by atomic mass is 9.71. The van der Waals surface area contributed by atoms with Crippen LogP contribution < -0.4 is 0 Å². The van der Waals surface area contributed by atoms with E-state index < -0.39 is 5.82 Å². The standard InChI is InChI=1S/C14H16BrFO/c1-14(8-3-2-4-9-14)13(17)10-6-5-7-11(15)12(10)16/h5-7H,2-4,8-9H2,1H3. The maximum Gasteiger partial charge on any atom is 0.171 e. The fourth-order valence-electron chi connectivity index (χ4n) is 2.56. The molecule has 1 saturated carbocycles. The molecule has 1 aromatic rings. The van der Waals surface area contributed by atoms with Crippen LogP contribution >= 0.6 is 15.9 Å². The van der Waals surface area contributed by atoms with Crippen LogP contribution in [-0.2, 0) is 0 Å². The minimum absolute atomic E-state index is 0.0454. The number of hydrogen-bond acceptors (Lipinski definition) is 1. The minimum atomic E-state index is -0.427. The summed E-state index contributed by atoms with van der Waals surface area (Å²) in [6.45, 7) is 1.97. The molecule has 3 heteroatoms. The van der Waals surface area contributed by atoms with E-state index in [2.05, 4.69) is 15.9 Å². The zero-order valence-electron chi connectivity index (χ0n) is 9.93. The Hall–Kier alpha value is -0.700. The third kappa shape index (κ3) is 2.44. The lowest BCUT2D eigenvalue weighted by molar-refractivity contribution is 0.0745. The van der Waals surface area contributed by atoms with Crippen LogP contribution in [0.2, 0.25) is 0 Å². The van der Waals surface area contributed by atoms with Crippen molar-refractivity contribution in [1.29, 1.82) is 0 Å². The van der Waals surface area contributed by atoms with Crippen molar-refractivity contribution in [3.8, 4) is 0 Å². The van der Waals surface area contributed by atoms with Crippen LogP contribution in [0.5, 0.6) is 0 Å². The zero-order chi connectivity index (χ0) is 12.5. The molecule has 0 heterocycles. The van der Waals surface area contributed by atoms with E-state index in [1.807, 2.05) is 6.92 Å². The molecule has 0 aromatic heterocycles. The highest BCUT2D eigenvalue weighted by molar-refractivity contribution is 9.10. The molecule has 17 heavy (non-hydrogen) atoms. The average Bonchev–Trinajstić information content (AvgIpc) is 2.33. The van der Waals surface area contributed by atoms with E-state index in [1.54, 1.807) is 18.2 Å². The highest BCUT2D eigenvalue weighted by atomic mass is 79.9. The van der Waals surface area contributed by atoms with E-state index in [0.717, 1.165) is 25.7 Å². The molecule has 0 N–H and O–H groups in total. The first-order chi connectivity index (χ1) is 8.04. The molecular weight excluding hydrogens is 283 g/mol. The Morgan fingerprint density at radius 1 is 1.29 bits per heavy atom. The Balaban J connectivity index is 2.33. The number of carbonyl (C=O) groups excluding carboxylic acids is 1. The van der Waals surface area contributed by atoms with Gasteiger partial charge in [-0.2, -0.15) is 0 Å². The van der Waals surface area contributed by atoms with Crippen LogP contribution in [0.3, 0.4) is 0 Å². The molecule has 1 fully saturated rings. The van der Waals surface area contributed by atoms with E-state index in [4.69, 9.17) is 0 Å². The fourth-order valence-corrected chi connectivity index (χ4v) is 2.93. The molecular formula is C14H16BrFO. The van der Waals surface area contributed by atoms with Crippen molar-refractivity contribution >= 4 is 21.7 Å². The monoisotopic (exact) mass is 298 g/mol. The summed E-state index contributed by atoms with van der Waals surface area (Å²) >= 11 is 3.13. The fraction of sp³-hybridized carbons (Fsp3) is 0.500. The normalized spacial score (nSPS) is 19.0. The van der Waals surface area contributed by atoms with Gasteiger partial charge in [0.1, 0.15) is 5.82 Å². The number of hydrogen-bond donors (Lipinski definition) is 0. The Labute approximate surface area is 110 Å². The first-order valence-corrected chi connectivity index (χ1v) is 6.83. The van der Waals surface area contributed by atoms with E-state index >= 15 is 0 Å². The molecule has 1 nitrogen and oxygen atoms in total. The van der Waals surface area contributed by atoms with Crippen LogP contribution in [0, 0.1) is 11.2 Å². The summed E-state index contributed by atoms with van der Waals surface area (Å²) in [6.07, 6.45) is 5.06. The van der Waals surface area contributed by atoms with Gasteiger partial charge >= 0.3 is 0 Å². The van der Waals surface area contributed by atoms with E-state index in [-0.39, 0.29) is 16.8 Å². The molecule has 1 aliphatic rings. The average molecular weight is 299 g/mol. The quantitative estimate of drug-likeness (QED) is 0.721. The van der Waals surface area contributed by atoms with E-state index in [0.29, 0.717) is 4.47 Å². The van der Waals surface area contributed by atoms with Crippen molar-refractivity contribution in [3.05, 3.63) is 34.1 Å². The first-order valence-electron chi connectivity index (χ1n) is 6.03. The number of ketones is 1. The molecule has 0 aliphatic heterocycles. The molecule has 0 bridgehead atoms. The van der Waals surface area contributed by atoms with Crippen molar-refractivity contribution in [1.82, 2.24) is 0 Å². The van der Waals surface area contributed by atoms with Gasteiger partial charge in [0.05, 0.1) is 10.0 Å². The minimum Gasteiger partial charge on any atom is -0.293 e. The van der Waals surface area contributed by atoms with Gasteiger partial charge in [0.25, 0.3) is 0 Å². The maximum atomic E-state index is 13.9. The zero-order valence-corrected chi connectivity index (χ0v) is 11.5. The Morgan fingerprint density at radius 2 is 1.94 bits per heavy atom. The smallest absolute Gasteiger partial charge is 0.171 e. The highest BCUT2D eigenvalue weighted by Gasteiger charge is 2.36. The van der Waals surface area contributed by atoms with E-state index in [1.165, 1.54) is 6.42 Å². The molecule has 1 aliphatic carbocycles. The Kier molecular flexibility index (Phi) is 3.67. The topological polar surface area (TPSA) is 17.1 Å². The Morgan fingerprint density at radius 3 is 2.59 bits per heavy atom. The lowest BCUT2D eigenvalue weighted by Gasteiger charge is -2.32. The van der Waals surface area contributed by atoms with Gasteiger partial charge in [0.15, 0.2) is 5.78 Å². The molecule has 0 unspecified atom stereocenters. The summed E-state index contributed by atoms with van der Waals surface area (Å²) in [5, 5.41) is 0. The molecule has 0 spiro atoms. The largest absolute Gasteiger partial charge is 0.293 e. The van der Waals surface area contributed by atoms with Crippen LogP contribution in [0.4, 0.5) is 4.39 Å². The Bertz CT molecular complexity index is 436. The van der Waals surface area contributed by atoms with Crippen LogP contribution in [0.1, 0.15) is 49.4 Å². The molecule has 92 valence electrons. The summed E-state index contributed by atoms with van der Waals surface area (Å²) in [4.78, 5) is 12.4. The second-order valence-electron chi connectivity index (χ2n) is 5.05. The molecule has 1 aromatic carbocycles. The highest BCUT2D eigenvalue weighted by Crippen LogP contribution is 2.39. The number of Topliss-reactive ketones (excluding diaryl/α,β-unsaturated/α-hetero) is 1. The molecule has 0 atom stereocenters. The summed E-state index contributed by atoms with van der Waals surface area (Å²) < 4.78 is 14.3. The number of halogens is 2. The third-order valence-electron chi connectivity index (χ3n) is 3.70. The van der Waals surface area contributed by atoms with Gasteiger partial charge in [-0.05, 0) is 40.9 Å². The number of rotatable bonds is 2. The van der Waals surface area contributed by atoms with Crippen LogP contribution in [-0.4, -0.2) is 5.78 Å². The second-order valence-corrected chi connectivity index (χ2v) is 5.91. The first kappa shape index (κ1) is 12.7. The van der Waals surface area contributed by atoms with Gasteiger partial charge in [-0.1, -0.05) is 32.3 Å². The van der Waals surface area contributed by atoms with Crippen molar-refractivity contribution < 1.29 is 9.18 Å². The van der Waals surface area contributed by atoms with Gasteiger partial charge in [0.2, 0.25) is 0 Å². The predicted molar refractivity (Wildman–Crippen MR) is 69.6 cm³/mol. The van der Waals surface area contributed by atoms with Gasteiger partial charge in [-0.3, -0.25) is 4.79 Å². The predicted octanol–water partition coefficient (Wildman–Crippen LogP) is 4.74. The molecule has 0 radical (unpaired) electrons. The SMILES string of the molecule is CC1(C(=O)c2cccc(Br)c2F)CCCCC1. The van der Waals surface area contributed by atoms with Crippen molar-refractivity contribution in [3.63, 3.8) is 0 Å². The van der Waals surface area contributed by atoms with Gasteiger partial charge in [0, 0.05) is 5.41 Å². The van der Waals surface area contributed by atoms with Gasteiger partial charge in [-0.15, -0.1) is 0 Å². The molecule has 2 rings (SSSR count). The van der Waals surface area contributed by atoms with Gasteiger partial charge < -0.3 is 0 Å². The van der Waals surface area contributed by atoms with Crippen LogP contribution in [0.15, 0.2) is 22.7 Å². The summed E-state index contributed by atoms with van der Waals surface area (Å²) in [7, 11) is 0. The molecule has 0 amide bonds. The van der Waals surface area contributed by atoms with Crippen molar-refractivity contribution in [2.45, 2.75) is 39.0 Å². The summed E-state index contributed by atoms with van der Waals surface area (Å²) in [6, 6.07) is 4.92. The summed E-state index contributed by atoms with van der Waals surface area (Å²) in [5.41, 5.74) is -0.149. The van der Waals surface area contributed by atoms with Crippen molar-refractivity contribution in [2.24, 2.45) is 5.41 Å².